The molecule has 3 aromatic carbocycles. The lowest BCUT2D eigenvalue weighted by Crippen LogP contribution is -2.37. The predicted octanol–water partition coefficient (Wildman–Crippen LogP) is 4.42. The second kappa shape index (κ2) is 10.1. The van der Waals surface area contributed by atoms with E-state index in [9.17, 15) is 22.8 Å². The molecule has 1 aliphatic rings. The monoisotopic (exact) mass is 522 g/mol. The lowest BCUT2D eigenvalue weighted by atomic mass is 9.86. The van der Waals surface area contributed by atoms with Gasteiger partial charge in [-0.2, -0.15) is 0 Å². The molecule has 1 heterocycles. The van der Waals surface area contributed by atoms with Gasteiger partial charge in [0.05, 0.1) is 18.5 Å². The third kappa shape index (κ3) is 5.24. The smallest absolute Gasteiger partial charge is 0.264 e. The number of benzene rings is 3. The van der Waals surface area contributed by atoms with Crippen LogP contribution >= 0.6 is 11.6 Å². The number of nitrogens with one attached hydrogen (secondary N) is 1. The highest BCUT2D eigenvalue weighted by Crippen LogP contribution is 2.39. The van der Waals surface area contributed by atoms with Gasteiger partial charge < -0.3 is 0 Å². The van der Waals surface area contributed by atoms with E-state index in [1.807, 2.05) is 41.1 Å². The van der Waals surface area contributed by atoms with Gasteiger partial charge in [0.2, 0.25) is 10.0 Å². The Labute approximate surface area is 214 Å². The number of sulfonamides is 1. The largest absolute Gasteiger partial charge is 0.300 e. The quantitative estimate of drug-likeness (QED) is 0.516. The summed E-state index contributed by atoms with van der Waals surface area (Å²) in [5.74, 6) is -1.42. The summed E-state index contributed by atoms with van der Waals surface area (Å²) in [6.07, 6.45) is 1.07. The van der Waals surface area contributed by atoms with E-state index < -0.39 is 21.8 Å². The van der Waals surface area contributed by atoms with Gasteiger partial charge in [-0.3, -0.25) is 19.3 Å². The summed E-state index contributed by atoms with van der Waals surface area (Å²) in [7, 11) is -3.73. The lowest BCUT2D eigenvalue weighted by molar-refractivity contribution is -0.116. The van der Waals surface area contributed by atoms with Crippen LogP contribution in [0.4, 0.5) is 0 Å². The number of carbonyl (C=O) groups is 3. The van der Waals surface area contributed by atoms with Gasteiger partial charge in [-0.1, -0.05) is 54.9 Å². The molecule has 0 atom stereocenters. The lowest BCUT2D eigenvalue weighted by Gasteiger charge is -2.33. The van der Waals surface area contributed by atoms with E-state index in [0.717, 1.165) is 22.9 Å². The first-order valence-electron chi connectivity index (χ1n) is 11.1. The summed E-state index contributed by atoms with van der Waals surface area (Å²) in [4.78, 5) is 40.6. The first-order chi connectivity index (χ1) is 17.1. The highest BCUT2D eigenvalue weighted by Gasteiger charge is 2.33. The summed E-state index contributed by atoms with van der Waals surface area (Å²) in [6, 6.07) is 20.4. The van der Waals surface area contributed by atoms with Gasteiger partial charge in [-0.15, -0.1) is 0 Å². The Kier molecular flexibility index (Phi) is 7.10. The Morgan fingerprint density at radius 2 is 1.58 bits per heavy atom. The molecule has 7 nitrogen and oxygen atoms in total. The number of rotatable bonds is 6. The number of fused-ring (bicyclic) bond motifs is 1. The maximum Gasteiger partial charge on any atom is 0.264 e. The molecule has 0 unspecified atom stereocenters. The number of hydrogen-bond donors (Lipinski definition) is 1. The van der Waals surface area contributed by atoms with E-state index in [2.05, 4.69) is 0 Å². The van der Waals surface area contributed by atoms with E-state index >= 15 is 0 Å². The first kappa shape index (κ1) is 25.3. The average molecular weight is 523 g/mol. The van der Waals surface area contributed by atoms with Crippen molar-refractivity contribution in [1.82, 2.24) is 9.62 Å². The van der Waals surface area contributed by atoms with Crippen molar-refractivity contribution < 1.29 is 22.8 Å². The van der Waals surface area contributed by atoms with E-state index in [0.29, 0.717) is 10.6 Å². The third-order valence-corrected chi connectivity index (χ3v) is 6.53. The molecule has 0 aliphatic carbocycles. The summed E-state index contributed by atoms with van der Waals surface area (Å²) in [5, 5.41) is 0.521. The second-order valence-corrected chi connectivity index (χ2v) is 10.5. The van der Waals surface area contributed by atoms with E-state index in [-0.39, 0.29) is 35.6 Å². The molecule has 1 aliphatic heterocycles. The molecule has 1 N–H and O–H groups in total. The van der Waals surface area contributed by atoms with Gasteiger partial charge in [0, 0.05) is 28.1 Å². The van der Waals surface area contributed by atoms with Crippen LogP contribution in [0, 0.1) is 0 Å². The fourth-order valence-electron chi connectivity index (χ4n) is 4.11. The Morgan fingerprint density at radius 3 is 2.19 bits per heavy atom. The van der Waals surface area contributed by atoms with Gasteiger partial charge in [0.1, 0.15) is 0 Å². The number of ketones is 1. The number of hydrogen-bond acceptors (Lipinski definition) is 5. The Hall–Kier alpha value is -3.75. The number of Topliss-reactive ketones (excluding diaryl/α,β-unsaturated/α-hetero) is 1. The number of nitrogens with zero attached hydrogens (tertiary/aromatic N) is 1. The summed E-state index contributed by atoms with van der Waals surface area (Å²) >= 11 is 6.31. The fraction of sp³-hybridized carbons (Fsp3) is 0.148. The van der Waals surface area contributed by atoms with Crippen LogP contribution in [-0.2, 0) is 21.4 Å². The summed E-state index contributed by atoms with van der Waals surface area (Å²) in [5.41, 5.74) is 3.65. The Bertz CT molecular complexity index is 1500. The zero-order valence-electron chi connectivity index (χ0n) is 19.6. The van der Waals surface area contributed by atoms with Crippen molar-refractivity contribution in [1.29, 1.82) is 0 Å². The Balaban J connectivity index is 1.82. The molecular weight excluding hydrogens is 500 g/mol. The third-order valence-electron chi connectivity index (χ3n) is 5.74. The van der Waals surface area contributed by atoms with Crippen LogP contribution in [0.5, 0.6) is 0 Å². The maximum atomic E-state index is 13.7. The van der Waals surface area contributed by atoms with Gasteiger partial charge in [-0.25, -0.2) is 13.1 Å². The number of halogens is 1. The molecule has 36 heavy (non-hydrogen) atoms. The first-order valence-corrected chi connectivity index (χ1v) is 13.4. The molecule has 4 rings (SSSR count). The van der Waals surface area contributed by atoms with Crippen molar-refractivity contribution in [2.24, 2.45) is 0 Å². The molecule has 0 saturated heterocycles. The highest BCUT2D eigenvalue weighted by atomic mass is 35.5. The van der Waals surface area contributed by atoms with Crippen molar-refractivity contribution in [2.75, 3.05) is 6.26 Å². The molecule has 0 fully saturated rings. The van der Waals surface area contributed by atoms with Crippen LogP contribution in [0.3, 0.4) is 0 Å². The van der Waals surface area contributed by atoms with Crippen LogP contribution in [-0.4, -0.2) is 37.2 Å². The van der Waals surface area contributed by atoms with Crippen molar-refractivity contribution >= 4 is 44.8 Å². The van der Waals surface area contributed by atoms with Crippen molar-refractivity contribution in [3.05, 3.63) is 111 Å². The normalized spacial score (nSPS) is 13.2. The molecule has 0 aromatic heterocycles. The Morgan fingerprint density at radius 1 is 0.944 bits per heavy atom. The van der Waals surface area contributed by atoms with Gasteiger partial charge in [0.25, 0.3) is 11.8 Å². The fourth-order valence-corrected chi connectivity index (χ4v) is 4.73. The molecule has 2 amide bonds. The minimum absolute atomic E-state index is 0.0842. The molecule has 9 heteroatoms. The topological polar surface area (TPSA) is 101 Å². The molecular formula is C27H23ClN2O5S. The van der Waals surface area contributed by atoms with Crippen LogP contribution in [0.25, 0.3) is 5.57 Å². The van der Waals surface area contributed by atoms with Crippen LogP contribution in [0.15, 0.2) is 78.5 Å². The molecule has 0 bridgehead atoms. The van der Waals surface area contributed by atoms with Crippen LogP contribution in [0.2, 0.25) is 5.02 Å². The maximum absolute atomic E-state index is 13.7. The number of carbonyl (C=O) groups excluding carboxylic acids is 3. The highest BCUT2D eigenvalue weighted by molar-refractivity contribution is 7.89. The van der Waals surface area contributed by atoms with Gasteiger partial charge in [-0.05, 0) is 53.1 Å². The zero-order valence-corrected chi connectivity index (χ0v) is 21.2. The van der Waals surface area contributed by atoms with Gasteiger partial charge in [0.15, 0.2) is 5.78 Å². The molecule has 3 aromatic rings. The van der Waals surface area contributed by atoms with E-state index in [1.54, 1.807) is 19.1 Å². The van der Waals surface area contributed by atoms with Crippen molar-refractivity contribution in [3.63, 3.8) is 0 Å². The van der Waals surface area contributed by atoms with Crippen LogP contribution < -0.4 is 4.72 Å². The zero-order chi connectivity index (χ0) is 26.0. The minimum Gasteiger partial charge on any atom is -0.300 e. The summed E-state index contributed by atoms with van der Waals surface area (Å²) in [6.45, 7) is 1.91. The van der Waals surface area contributed by atoms with E-state index in [4.69, 9.17) is 11.6 Å². The SMILES string of the molecule is CCC(=O)C1=C(c2ccccc2)c2cc(Cl)ccc2CN1C(=O)c1ccc(C(=O)NS(C)(=O)=O)cc1. The molecule has 0 spiro atoms. The molecule has 0 radical (unpaired) electrons. The molecule has 184 valence electrons. The summed E-state index contributed by atoms with van der Waals surface area (Å²) < 4.78 is 24.6. The van der Waals surface area contributed by atoms with Crippen molar-refractivity contribution in [3.8, 4) is 0 Å². The molecule has 0 saturated carbocycles. The van der Waals surface area contributed by atoms with Gasteiger partial charge >= 0.3 is 0 Å². The number of amides is 2. The average Bonchev–Trinajstić information content (AvgIpc) is 2.86. The second-order valence-electron chi connectivity index (χ2n) is 8.34. The minimum atomic E-state index is -3.73. The van der Waals surface area contributed by atoms with Crippen molar-refractivity contribution in [2.45, 2.75) is 19.9 Å². The van der Waals surface area contributed by atoms with E-state index in [1.165, 1.54) is 29.2 Å². The standard InChI is InChI=1S/C27H23ClN2O5S/c1-3-23(31)25-24(17-7-5-4-6-8-17)22-15-21(28)14-13-20(22)16-30(25)27(33)19-11-9-18(10-12-19)26(32)29-36(2,34)35/h4-15H,3,16H2,1-2H3,(H,29,32). The van der Waals surface area contributed by atoms with Crippen LogP contribution in [0.1, 0.15) is 50.8 Å². The number of allylic oxidation sites excluding steroid dienone is 1. The predicted molar refractivity (Wildman–Crippen MR) is 138 cm³/mol.